The molecular weight excluding hydrogens is 324 g/mol. The summed E-state index contributed by atoms with van der Waals surface area (Å²) in [6.45, 7) is 11.5. The molecule has 2 N–H and O–H groups in total. The zero-order valence-corrected chi connectivity index (χ0v) is 16.2. The minimum absolute atomic E-state index is 0.358. The number of para-hydroxylation sites is 1. The van der Waals surface area contributed by atoms with Crippen LogP contribution >= 0.6 is 0 Å². The molecule has 1 saturated heterocycles. The summed E-state index contributed by atoms with van der Waals surface area (Å²) >= 11 is 0. The Balaban J connectivity index is 1.46. The van der Waals surface area contributed by atoms with Crippen LogP contribution in [-0.2, 0) is 0 Å². The van der Waals surface area contributed by atoms with Gasteiger partial charge in [0.05, 0.1) is 26.2 Å². The lowest BCUT2D eigenvalue weighted by atomic mass is 10.1. The summed E-state index contributed by atoms with van der Waals surface area (Å²) < 4.78 is 5.97. The number of hydrogen-bond acceptors (Lipinski definition) is 3. The van der Waals surface area contributed by atoms with Crippen LogP contribution in [0.2, 0.25) is 0 Å². The first-order valence-electron chi connectivity index (χ1n) is 9.56. The maximum absolute atomic E-state index is 10.4. The van der Waals surface area contributed by atoms with Gasteiger partial charge in [-0.3, -0.25) is 0 Å². The highest BCUT2D eigenvalue weighted by Gasteiger charge is 2.23. The van der Waals surface area contributed by atoms with Gasteiger partial charge >= 0.3 is 0 Å². The van der Waals surface area contributed by atoms with Gasteiger partial charge in [0, 0.05) is 5.69 Å². The molecule has 0 aromatic heterocycles. The van der Waals surface area contributed by atoms with E-state index < -0.39 is 6.10 Å². The molecule has 140 valence electrons. The Morgan fingerprint density at radius 3 is 2.35 bits per heavy atom. The van der Waals surface area contributed by atoms with E-state index in [9.17, 15) is 5.11 Å². The number of aliphatic hydroxyl groups is 1. The van der Waals surface area contributed by atoms with Crippen molar-refractivity contribution in [2.24, 2.45) is 0 Å². The molecular formula is C22H31N2O2+. The summed E-state index contributed by atoms with van der Waals surface area (Å²) in [6.07, 6.45) is -0.437. The van der Waals surface area contributed by atoms with Gasteiger partial charge in [-0.05, 0) is 49.6 Å². The molecule has 0 aliphatic carbocycles. The highest BCUT2D eigenvalue weighted by atomic mass is 16.5. The van der Waals surface area contributed by atoms with Crippen LogP contribution in [-0.4, -0.2) is 50.5 Å². The second-order valence-corrected chi connectivity index (χ2v) is 7.40. The molecule has 0 bridgehead atoms. The average molecular weight is 356 g/mol. The molecule has 2 aromatic rings. The molecule has 0 unspecified atom stereocenters. The van der Waals surface area contributed by atoms with Gasteiger partial charge in [0.2, 0.25) is 0 Å². The number of nitrogens with one attached hydrogen (secondary N) is 1. The molecule has 0 radical (unpaired) electrons. The van der Waals surface area contributed by atoms with Crippen LogP contribution < -0.4 is 14.5 Å². The van der Waals surface area contributed by atoms with E-state index in [0.29, 0.717) is 6.61 Å². The predicted molar refractivity (Wildman–Crippen MR) is 106 cm³/mol. The molecule has 0 saturated carbocycles. The van der Waals surface area contributed by atoms with Crippen LogP contribution in [0.3, 0.4) is 0 Å². The second kappa shape index (κ2) is 8.56. The third-order valence-electron chi connectivity index (χ3n) is 5.41. The van der Waals surface area contributed by atoms with E-state index in [1.807, 2.05) is 0 Å². The Morgan fingerprint density at radius 2 is 1.65 bits per heavy atom. The van der Waals surface area contributed by atoms with Crippen molar-refractivity contribution >= 4 is 5.69 Å². The molecule has 4 nitrogen and oxygen atoms in total. The molecule has 3 rings (SSSR count). The standard InChI is InChI=1S/C22H30N2O2/c1-17-9-10-18(2)22(19(17)3)26-16-21(25)15-23-11-13-24(14-12-23)20-7-5-4-6-8-20/h4-10,21,25H,11-16H2,1-3H3/p+1/t21-/m1/s1. The summed E-state index contributed by atoms with van der Waals surface area (Å²) in [5.74, 6) is 0.924. The van der Waals surface area contributed by atoms with Gasteiger partial charge < -0.3 is 19.6 Å². The topological polar surface area (TPSA) is 37.1 Å². The lowest BCUT2D eigenvalue weighted by molar-refractivity contribution is -0.903. The largest absolute Gasteiger partial charge is 0.490 e. The monoisotopic (exact) mass is 355 g/mol. The van der Waals surface area contributed by atoms with Gasteiger partial charge in [-0.25, -0.2) is 0 Å². The number of aliphatic hydroxyl groups excluding tert-OH is 1. The van der Waals surface area contributed by atoms with Crippen LogP contribution in [0.1, 0.15) is 16.7 Å². The number of hydrogen-bond donors (Lipinski definition) is 2. The van der Waals surface area contributed by atoms with Crippen molar-refractivity contribution in [3.05, 3.63) is 59.2 Å². The van der Waals surface area contributed by atoms with Crippen molar-refractivity contribution in [3.8, 4) is 5.75 Å². The van der Waals surface area contributed by atoms with Crippen molar-refractivity contribution in [2.45, 2.75) is 26.9 Å². The van der Waals surface area contributed by atoms with E-state index in [0.717, 1.165) is 44.0 Å². The Bertz CT molecular complexity index is 710. The fourth-order valence-electron chi connectivity index (χ4n) is 3.64. The fourth-order valence-corrected chi connectivity index (χ4v) is 3.64. The fraction of sp³-hybridized carbons (Fsp3) is 0.455. The van der Waals surface area contributed by atoms with E-state index in [-0.39, 0.29) is 0 Å². The molecule has 0 spiro atoms. The number of piperazine rings is 1. The summed E-state index contributed by atoms with van der Waals surface area (Å²) in [5.41, 5.74) is 4.81. The third-order valence-corrected chi connectivity index (χ3v) is 5.41. The summed E-state index contributed by atoms with van der Waals surface area (Å²) in [7, 11) is 0. The van der Waals surface area contributed by atoms with Gasteiger partial charge in [-0.2, -0.15) is 0 Å². The number of quaternary nitrogens is 1. The number of aryl methyl sites for hydroxylation is 2. The first-order chi connectivity index (χ1) is 12.5. The van der Waals surface area contributed by atoms with Crippen molar-refractivity contribution in [1.82, 2.24) is 0 Å². The van der Waals surface area contributed by atoms with Gasteiger partial charge in [-0.15, -0.1) is 0 Å². The minimum Gasteiger partial charge on any atom is -0.490 e. The first kappa shape index (κ1) is 18.7. The molecule has 0 amide bonds. The number of ether oxygens (including phenoxy) is 1. The Labute approximate surface area is 157 Å². The van der Waals surface area contributed by atoms with Gasteiger partial charge in [0.15, 0.2) is 0 Å². The number of nitrogens with zero attached hydrogens (tertiary/aromatic N) is 1. The zero-order valence-electron chi connectivity index (χ0n) is 16.2. The minimum atomic E-state index is -0.437. The Hall–Kier alpha value is -2.04. The van der Waals surface area contributed by atoms with E-state index in [4.69, 9.17) is 4.74 Å². The van der Waals surface area contributed by atoms with Crippen molar-refractivity contribution in [3.63, 3.8) is 0 Å². The Kier molecular flexibility index (Phi) is 6.17. The van der Waals surface area contributed by atoms with Crippen LogP contribution in [0.25, 0.3) is 0 Å². The van der Waals surface area contributed by atoms with E-state index in [2.05, 4.69) is 68.1 Å². The quantitative estimate of drug-likeness (QED) is 0.829. The summed E-state index contributed by atoms with van der Waals surface area (Å²) in [6, 6.07) is 14.8. The lowest BCUT2D eigenvalue weighted by Gasteiger charge is -2.34. The highest BCUT2D eigenvalue weighted by Crippen LogP contribution is 2.25. The molecule has 1 aliphatic heterocycles. The van der Waals surface area contributed by atoms with Gasteiger partial charge in [0.25, 0.3) is 0 Å². The van der Waals surface area contributed by atoms with Gasteiger partial charge in [-0.1, -0.05) is 30.3 Å². The van der Waals surface area contributed by atoms with Crippen molar-refractivity contribution in [2.75, 3.05) is 44.2 Å². The Morgan fingerprint density at radius 1 is 1.00 bits per heavy atom. The van der Waals surface area contributed by atoms with Crippen LogP contribution in [0.15, 0.2) is 42.5 Å². The maximum Gasteiger partial charge on any atom is 0.137 e. The smallest absolute Gasteiger partial charge is 0.137 e. The SMILES string of the molecule is Cc1ccc(C)c(OC[C@H](O)C[NH+]2CCN(c3ccccc3)CC2)c1C. The first-order valence-corrected chi connectivity index (χ1v) is 9.56. The van der Waals surface area contributed by atoms with Crippen molar-refractivity contribution < 1.29 is 14.7 Å². The summed E-state index contributed by atoms with van der Waals surface area (Å²) in [5, 5.41) is 10.4. The molecule has 1 heterocycles. The van der Waals surface area contributed by atoms with Crippen molar-refractivity contribution in [1.29, 1.82) is 0 Å². The van der Waals surface area contributed by atoms with Crippen LogP contribution in [0, 0.1) is 20.8 Å². The van der Waals surface area contributed by atoms with Crippen LogP contribution in [0.4, 0.5) is 5.69 Å². The molecule has 1 fully saturated rings. The number of anilines is 1. The van der Waals surface area contributed by atoms with E-state index >= 15 is 0 Å². The zero-order chi connectivity index (χ0) is 18.5. The molecule has 4 heteroatoms. The highest BCUT2D eigenvalue weighted by molar-refractivity contribution is 5.46. The second-order valence-electron chi connectivity index (χ2n) is 7.40. The molecule has 2 aromatic carbocycles. The van der Waals surface area contributed by atoms with Crippen LogP contribution in [0.5, 0.6) is 5.75 Å². The normalized spacial score (nSPS) is 16.5. The average Bonchev–Trinajstić information content (AvgIpc) is 2.66. The third kappa shape index (κ3) is 4.57. The molecule has 26 heavy (non-hydrogen) atoms. The van der Waals surface area contributed by atoms with E-state index in [1.165, 1.54) is 21.7 Å². The van der Waals surface area contributed by atoms with Gasteiger partial charge in [0.1, 0.15) is 25.0 Å². The maximum atomic E-state index is 10.4. The number of rotatable bonds is 6. The van der Waals surface area contributed by atoms with E-state index in [1.54, 1.807) is 0 Å². The number of benzene rings is 2. The lowest BCUT2D eigenvalue weighted by Crippen LogP contribution is -3.16. The molecule has 1 aliphatic rings. The molecule has 1 atom stereocenters. The summed E-state index contributed by atoms with van der Waals surface area (Å²) in [4.78, 5) is 3.87. The predicted octanol–water partition coefficient (Wildman–Crippen LogP) is 1.76.